The van der Waals surface area contributed by atoms with E-state index >= 15 is 0 Å². The van der Waals surface area contributed by atoms with E-state index in [0.29, 0.717) is 17.9 Å². The lowest BCUT2D eigenvalue weighted by Gasteiger charge is -2.22. The van der Waals surface area contributed by atoms with Gasteiger partial charge < -0.3 is 9.73 Å². The Bertz CT molecular complexity index is 839. The minimum absolute atomic E-state index is 0.452. The van der Waals surface area contributed by atoms with Crippen molar-refractivity contribution in [2.45, 2.75) is 25.8 Å². The highest BCUT2D eigenvalue weighted by Gasteiger charge is 2.23. The zero-order valence-electron chi connectivity index (χ0n) is 14.1. The van der Waals surface area contributed by atoms with Gasteiger partial charge in [-0.15, -0.1) is 5.10 Å². The lowest BCUT2D eigenvalue weighted by Crippen LogP contribution is -2.34. The molecule has 1 saturated heterocycles. The Morgan fingerprint density at radius 2 is 2.17 bits per heavy atom. The highest BCUT2D eigenvalue weighted by atomic mass is 16.4. The smallest absolute Gasteiger partial charge is 0.315 e. The molecule has 0 saturated carbocycles. The zero-order chi connectivity index (χ0) is 16.5. The van der Waals surface area contributed by atoms with Crippen molar-refractivity contribution in [1.29, 1.82) is 0 Å². The first kappa shape index (κ1) is 15.1. The maximum absolute atomic E-state index is 5.79. The Kier molecular flexibility index (Phi) is 3.93. The fraction of sp³-hybridized carbons (Fsp3) is 0.471. The number of nitrogens with zero attached hydrogens (tertiary/aromatic N) is 5. The molecule has 1 aliphatic heterocycles. The van der Waals surface area contributed by atoms with Crippen LogP contribution in [0.3, 0.4) is 0 Å². The van der Waals surface area contributed by atoms with Crippen molar-refractivity contribution in [3.8, 4) is 11.6 Å². The Morgan fingerprint density at radius 1 is 1.29 bits per heavy atom. The van der Waals surface area contributed by atoms with Crippen LogP contribution in [-0.2, 0) is 7.05 Å². The van der Waals surface area contributed by atoms with Gasteiger partial charge in [0.05, 0.1) is 5.52 Å². The first-order valence-corrected chi connectivity index (χ1v) is 8.50. The van der Waals surface area contributed by atoms with Crippen LogP contribution in [0.25, 0.3) is 22.5 Å². The van der Waals surface area contributed by atoms with Gasteiger partial charge in [-0.05, 0) is 32.0 Å². The normalized spacial score (nSPS) is 18.5. The second-order valence-corrected chi connectivity index (χ2v) is 6.21. The van der Waals surface area contributed by atoms with Crippen molar-refractivity contribution in [2.24, 2.45) is 7.05 Å². The summed E-state index contributed by atoms with van der Waals surface area (Å²) in [5.74, 6) is 0.452. The second kappa shape index (κ2) is 6.24. The standard InChI is InChI=1S/C17H22N6O/c1-3-23-10-6-7-12(23)11-18-17-20-19-16(24-17)15-13-8-4-5-9-14(13)22(2)21-15/h4-5,8-9,12H,3,6-7,10-11H2,1-2H3,(H,18,20). The van der Waals surface area contributed by atoms with Gasteiger partial charge in [0.15, 0.2) is 5.69 Å². The number of nitrogens with one attached hydrogen (secondary N) is 1. The summed E-state index contributed by atoms with van der Waals surface area (Å²) in [6.07, 6.45) is 2.47. The van der Waals surface area contributed by atoms with E-state index in [9.17, 15) is 0 Å². The highest BCUT2D eigenvalue weighted by molar-refractivity contribution is 5.91. The number of anilines is 1. The molecule has 4 rings (SSSR count). The largest absolute Gasteiger partial charge is 0.402 e. The van der Waals surface area contributed by atoms with Gasteiger partial charge in [0.25, 0.3) is 5.89 Å². The predicted octanol–water partition coefficient (Wildman–Crippen LogP) is 2.52. The molecular formula is C17H22N6O. The number of benzene rings is 1. The molecule has 1 aromatic carbocycles. The number of hydrogen-bond donors (Lipinski definition) is 1. The SMILES string of the molecule is CCN1CCCC1CNc1nnc(-c2nn(C)c3ccccc23)o1. The fourth-order valence-electron chi connectivity index (χ4n) is 3.51. The summed E-state index contributed by atoms with van der Waals surface area (Å²) in [6.45, 7) is 5.30. The number of aryl methyl sites for hydroxylation is 1. The number of para-hydroxylation sites is 1. The number of likely N-dealkylation sites (N-methyl/N-ethyl adjacent to an activating group) is 1. The number of fused-ring (bicyclic) bond motifs is 1. The van der Waals surface area contributed by atoms with E-state index in [1.165, 1.54) is 19.4 Å². The van der Waals surface area contributed by atoms with Crippen LogP contribution < -0.4 is 5.32 Å². The molecule has 7 nitrogen and oxygen atoms in total. The molecule has 7 heteroatoms. The third kappa shape index (κ3) is 2.65. The summed E-state index contributed by atoms with van der Waals surface area (Å²) < 4.78 is 7.63. The van der Waals surface area contributed by atoms with E-state index in [4.69, 9.17) is 4.42 Å². The summed E-state index contributed by atoms with van der Waals surface area (Å²) in [7, 11) is 1.92. The van der Waals surface area contributed by atoms with Gasteiger partial charge in [0.1, 0.15) is 0 Å². The highest BCUT2D eigenvalue weighted by Crippen LogP contribution is 2.27. The topological polar surface area (TPSA) is 72.0 Å². The van der Waals surface area contributed by atoms with Crippen LogP contribution in [-0.4, -0.2) is 50.6 Å². The fourth-order valence-corrected chi connectivity index (χ4v) is 3.51. The van der Waals surface area contributed by atoms with Crippen molar-refractivity contribution in [1.82, 2.24) is 24.9 Å². The average Bonchev–Trinajstić information content (AvgIpc) is 3.32. The summed E-state index contributed by atoms with van der Waals surface area (Å²) >= 11 is 0. The number of aromatic nitrogens is 4. The van der Waals surface area contributed by atoms with E-state index in [-0.39, 0.29) is 0 Å². The Labute approximate surface area is 140 Å². The van der Waals surface area contributed by atoms with Crippen LogP contribution in [0, 0.1) is 0 Å². The summed E-state index contributed by atoms with van der Waals surface area (Å²) in [5.41, 5.74) is 1.77. The Hall–Kier alpha value is -2.41. The van der Waals surface area contributed by atoms with E-state index in [0.717, 1.165) is 29.7 Å². The third-order valence-electron chi connectivity index (χ3n) is 4.78. The third-order valence-corrected chi connectivity index (χ3v) is 4.78. The minimum Gasteiger partial charge on any atom is -0.402 e. The molecule has 0 spiro atoms. The molecule has 0 amide bonds. The van der Waals surface area contributed by atoms with E-state index in [2.05, 4.69) is 32.4 Å². The maximum Gasteiger partial charge on any atom is 0.315 e. The first-order valence-electron chi connectivity index (χ1n) is 8.50. The second-order valence-electron chi connectivity index (χ2n) is 6.21. The number of likely N-dealkylation sites (tertiary alicyclic amines) is 1. The van der Waals surface area contributed by atoms with Gasteiger partial charge in [-0.3, -0.25) is 9.58 Å². The molecule has 1 unspecified atom stereocenters. The van der Waals surface area contributed by atoms with E-state index in [1.807, 2.05) is 36.0 Å². The number of hydrogen-bond acceptors (Lipinski definition) is 6. The lowest BCUT2D eigenvalue weighted by atomic mass is 10.2. The van der Waals surface area contributed by atoms with Crippen LogP contribution >= 0.6 is 0 Å². The lowest BCUT2D eigenvalue weighted by molar-refractivity contribution is 0.276. The molecular weight excluding hydrogens is 304 g/mol. The molecule has 126 valence electrons. The molecule has 1 atom stereocenters. The molecule has 24 heavy (non-hydrogen) atoms. The van der Waals surface area contributed by atoms with Crippen LogP contribution in [0.15, 0.2) is 28.7 Å². The molecule has 1 aliphatic rings. The van der Waals surface area contributed by atoms with E-state index in [1.54, 1.807) is 0 Å². The summed E-state index contributed by atoms with van der Waals surface area (Å²) in [4.78, 5) is 2.48. The van der Waals surface area contributed by atoms with Gasteiger partial charge >= 0.3 is 6.01 Å². The summed E-state index contributed by atoms with van der Waals surface area (Å²) in [6, 6.07) is 9.04. The van der Waals surface area contributed by atoms with Crippen LogP contribution in [0.1, 0.15) is 19.8 Å². The molecule has 0 radical (unpaired) electrons. The Morgan fingerprint density at radius 3 is 3.04 bits per heavy atom. The molecule has 1 N–H and O–H groups in total. The van der Waals surface area contributed by atoms with Gasteiger partial charge in [0.2, 0.25) is 0 Å². The molecule has 3 aromatic rings. The molecule has 0 aliphatic carbocycles. The van der Waals surface area contributed by atoms with Gasteiger partial charge in [-0.1, -0.05) is 30.2 Å². The van der Waals surface area contributed by atoms with Gasteiger partial charge in [0, 0.05) is 25.0 Å². The molecule has 3 heterocycles. The first-order chi connectivity index (χ1) is 11.8. The van der Waals surface area contributed by atoms with Crippen LogP contribution in [0.5, 0.6) is 0 Å². The zero-order valence-corrected chi connectivity index (χ0v) is 14.1. The quantitative estimate of drug-likeness (QED) is 0.777. The number of rotatable bonds is 5. The molecule has 0 bridgehead atoms. The van der Waals surface area contributed by atoms with E-state index < -0.39 is 0 Å². The molecule has 1 fully saturated rings. The van der Waals surface area contributed by atoms with Crippen LogP contribution in [0.2, 0.25) is 0 Å². The van der Waals surface area contributed by atoms with Crippen molar-refractivity contribution in [3.05, 3.63) is 24.3 Å². The van der Waals surface area contributed by atoms with Gasteiger partial charge in [-0.2, -0.15) is 5.10 Å². The predicted molar refractivity (Wildman–Crippen MR) is 92.8 cm³/mol. The van der Waals surface area contributed by atoms with Crippen molar-refractivity contribution in [2.75, 3.05) is 25.0 Å². The van der Waals surface area contributed by atoms with Crippen LogP contribution in [0.4, 0.5) is 6.01 Å². The average molecular weight is 326 g/mol. The van der Waals surface area contributed by atoms with Crippen molar-refractivity contribution >= 4 is 16.9 Å². The minimum atomic E-state index is 0.452. The monoisotopic (exact) mass is 326 g/mol. The van der Waals surface area contributed by atoms with Crippen molar-refractivity contribution < 1.29 is 4.42 Å². The van der Waals surface area contributed by atoms with Crippen molar-refractivity contribution in [3.63, 3.8) is 0 Å². The van der Waals surface area contributed by atoms with Gasteiger partial charge in [-0.25, -0.2) is 0 Å². The Balaban J connectivity index is 1.52. The maximum atomic E-state index is 5.79. The summed E-state index contributed by atoms with van der Waals surface area (Å²) in [5, 5.41) is 17.1. The molecule has 2 aromatic heterocycles.